The van der Waals surface area contributed by atoms with Gasteiger partial charge in [-0.2, -0.15) is 0 Å². The van der Waals surface area contributed by atoms with Crippen LogP contribution in [0.2, 0.25) is 0 Å². The van der Waals surface area contributed by atoms with E-state index in [1.807, 2.05) is 18.4 Å². The van der Waals surface area contributed by atoms with Gasteiger partial charge >= 0.3 is 12.1 Å². The molecule has 2 amide bonds. The Kier molecular flexibility index (Phi) is 8.22. The number of hydrogen-bond donors (Lipinski definition) is 2. The molecule has 3 aliphatic rings. The van der Waals surface area contributed by atoms with E-state index >= 15 is 0 Å². The molecule has 0 radical (unpaired) electrons. The lowest BCUT2D eigenvalue weighted by Gasteiger charge is -2.46. The largest absolute Gasteiger partial charge is 0.457 e. The van der Waals surface area contributed by atoms with Gasteiger partial charge in [0, 0.05) is 28.3 Å². The normalized spacial score (nSPS) is 25.4. The fraction of sp³-hybridized carbons (Fsp3) is 0.440. The number of hydrogen-bond acceptors (Lipinski definition) is 10. The first kappa shape index (κ1) is 27.1. The van der Waals surface area contributed by atoms with Crippen LogP contribution in [0.4, 0.5) is 4.79 Å². The molecule has 4 heterocycles. The zero-order chi connectivity index (χ0) is 26.9. The molecule has 198 valence electrons. The lowest BCUT2D eigenvalue weighted by molar-refractivity contribution is -0.164. The third-order valence-electron chi connectivity index (χ3n) is 6.59. The average molecular weight is 548 g/mol. The van der Waals surface area contributed by atoms with Crippen LogP contribution in [0.1, 0.15) is 19.5 Å². The minimum Gasteiger partial charge on any atom is -0.457 e. The quantitative estimate of drug-likeness (QED) is 0.258. The highest BCUT2D eigenvalue weighted by Gasteiger charge is 2.60. The van der Waals surface area contributed by atoms with E-state index in [2.05, 4.69) is 13.2 Å². The Morgan fingerprint density at radius 1 is 1.32 bits per heavy atom. The molecule has 0 unspecified atom stereocenters. The molecule has 0 aromatic carbocycles. The zero-order valence-corrected chi connectivity index (χ0v) is 22.2. The van der Waals surface area contributed by atoms with Gasteiger partial charge in [0.15, 0.2) is 4.34 Å². The van der Waals surface area contributed by atoms with Gasteiger partial charge in [0.05, 0.1) is 36.4 Å². The zero-order valence-electron chi connectivity index (χ0n) is 20.5. The second-order valence-corrected chi connectivity index (χ2v) is 11.0. The molecule has 2 N–H and O–H groups in total. The first-order valence-corrected chi connectivity index (χ1v) is 13.5. The summed E-state index contributed by atoms with van der Waals surface area (Å²) in [7, 11) is 0. The van der Waals surface area contributed by atoms with Crippen molar-refractivity contribution in [2.24, 2.45) is 11.8 Å². The molecule has 1 aromatic heterocycles. The Hall–Kier alpha value is -2.93. The molecule has 0 bridgehead atoms. The molecular formula is C25H29N3O7S2. The van der Waals surface area contributed by atoms with Crippen molar-refractivity contribution >= 4 is 46.6 Å². The van der Waals surface area contributed by atoms with Crippen molar-refractivity contribution in [2.75, 3.05) is 26.4 Å². The topological polar surface area (TPSA) is 130 Å². The number of carbonyl (C=O) groups excluding carboxylic acids is 3. The fourth-order valence-corrected chi connectivity index (χ4v) is 6.99. The van der Waals surface area contributed by atoms with E-state index < -0.39 is 30.1 Å². The summed E-state index contributed by atoms with van der Waals surface area (Å²) in [5.41, 5.74) is 1.48. The number of β-lactam (4-membered cyclic amide) rings is 1. The first-order valence-electron chi connectivity index (χ1n) is 11.8. The van der Waals surface area contributed by atoms with E-state index in [9.17, 15) is 24.6 Å². The Balaban J connectivity index is 1.57. The van der Waals surface area contributed by atoms with Gasteiger partial charge in [0.25, 0.3) is 0 Å². The molecule has 0 saturated carbocycles. The molecule has 5 atom stereocenters. The number of fused-ring (bicyclic) bond motifs is 1. The van der Waals surface area contributed by atoms with E-state index in [1.165, 1.54) is 45.1 Å². The van der Waals surface area contributed by atoms with Crippen molar-refractivity contribution < 1.29 is 34.1 Å². The number of thiazole rings is 1. The maximum absolute atomic E-state index is 12.9. The van der Waals surface area contributed by atoms with E-state index in [4.69, 9.17) is 14.5 Å². The third kappa shape index (κ3) is 4.86. The summed E-state index contributed by atoms with van der Waals surface area (Å²) in [6.45, 7) is 10.6. The lowest BCUT2D eigenvalue weighted by atomic mass is 9.79. The van der Waals surface area contributed by atoms with Gasteiger partial charge in [0.1, 0.15) is 18.9 Å². The highest BCUT2D eigenvalue weighted by Crippen LogP contribution is 2.52. The SMILES string of the molecule is C=CCOC(=O)C1=C(Sc2nc(C3=CCN(C(=O)OCC=C)[C@@H]3CO)cs2)[C@H](C)[C@@H]2[C@@H]([C@@H](C)O)C(=O)N12. The highest BCUT2D eigenvalue weighted by molar-refractivity contribution is 8.04. The molecular weight excluding hydrogens is 518 g/mol. The van der Waals surface area contributed by atoms with E-state index in [0.717, 1.165) is 0 Å². The number of esters is 1. The Morgan fingerprint density at radius 2 is 2.03 bits per heavy atom. The summed E-state index contributed by atoms with van der Waals surface area (Å²) >= 11 is 2.63. The van der Waals surface area contributed by atoms with Crippen LogP contribution < -0.4 is 0 Å². The second kappa shape index (κ2) is 11.2. The van der Waals surface area contributed by atoms with Crippen molar-refractivity contribution in [1.29, 1.82) is 0 Å². The van der Waals surface area contributed by atoms with Crippen LogP contribution in [0.5, 0.6) is 0 Å². The minimum absolute atomic E-state index is 0.00499. The Labute approximate surface area is 222 Å². The van der Waals surface area contributed by atoms with E-state index in [0.29, 0.717) is 20.5 Å². The number of carbonyl (C=O) groups is 3. The van der Waals surface area contributed by atoms with Crippen molar-refractivity contribution in [1.82, 2.24) is 14.8 Å². The van der Waals surface area contributed by atoms with Gasteiger partial charge < -0.3 is 24.6 Å². The molecule has 0 spiro atoms. The van der Waals surface area contributed by atoms with E-state index in [1.54, 1.807) is 6.92 Å². The molecule has 3 aliphatic heterocycles. The monoisotopic (exact) mass is 547 g/mol. The number of nitrogens with zero attached hydrogens (tertiary/aromatic N) is 3. The average Bonchev–Trinajstić information content (AvgIpc) is 3.56. The minimum atomic E-state index is -0.844. The standard InChI is InChI=1S/C25H29N3O7S2/c1-5-9-34-23(32)20-21(13(3)19-18(14(4)30)22(31)28(19)20)37-24-26-16(12-36-24)15-7-8-27(17(15)11-29)25(33)35-10-6-2/h5-7,12-14,17-19,29-30H,1-2,8-11H2,3-4H3/t13-,14-,17-,18-,19-/m1/s1. The lowest BCUT2D eigenvalue weighted by Crippen LogP contribution is -2.63. The molecule has 37 heavy (non-hydrogen) atoms. The van der Waals surface area contributed by atoms with Crippen molar-refractivity contribution in [3.63, 3.8) is 0 Å². The van der Waals surface area contributed by atoms with Crippen LogP contribution in [0.3, 0.4) is 0 Å². The Morgan fingerprint density at radius 3 is 2.68 bits per heavy atom. The maximum Gasteiger partial charge on any atom is 0.410 e. The predicted octanol–water partition coefficient (Wildman–Crippen LogP) is 2.42. The molecule has 0 aliphatic carbocycles. The summed E-state index contributed by atoms with van der Waals surface area (Å²) < 4.78 is 11.0. The van der Waals surface area contributed by atoms with Crippen LogP contribution >= 0.6 is 23.1 Å². The summed E-state index contributed by atoms with van der Waals surface area (Å²) in [4.78, 5) is 46.3. The fourth-order valence-electron chi connectivity index (χ4n) is 4.90. The number of rotatable bonds is 10. The van der Waals surface area contributed by atoms with Gasteiger partial charge in [-0.3, -0.25) is 9.69 Å². The van der Waals surface area contributed by atoms with Gasteiger partial charge in [-0.25, -0.2) is 14.6 Å². The number of ether oxygens (including phenoxy) is 2. The number of thioether (sulfide) groups is 1. The van der Waals surface area contributed by atoms with Crippen LogP contribution in [0.15, 0.2) is 51.7 Å². The van der Waals surface area contributed by atoms with Crippen molar-refractivity contribution in [2.45, 2.75) is 36.4 Å². The van der Waals surface area contributed by atoms with Gasteiger partial charge in [-0.1, -0.05) is 50.1 Å². The smallest absolute Gasteiger partial charge is 0.410 e. The van der Waals surface area contributed by atoms with Gasteiger partial charge in [0.2, 0.25) is 5.91 Å². The van der Waals surface area contributed by atoms with Crippen LogP contribution in [0, 0.1) is 11.8 Å². The second-order valence-electron chi connectivity index (χ2n) is 8.83. The van der Waals surface area contributed by atoms with Gasteiger partial charge in [-0.15, -0.1) is 11.3 Å². The number of amides is 2. The summed E-state index contributed by atoms with van der Waals surface area (Å²) in [5.74, 6) is -1.74. The number of aromatic nitrogens is 1. The first-order chi connectivity index (χ1) is 17.7. The molecule has 1 aromatic rings. The molecule has 12 heteroatoms. The highest BCUT2D eigenvalue weighted by atomic mass is 32.2. The van der Waals surface area contributed by atoms with Crippen LogP contribution in [0.25, 0.3) is 5.57 Å². The molecule has 10 nitrogen and oxygen atoms in total. The summed E-state index contributed by atoms with van der Waals surface area (Å²) in [6, 6.07) is -0.940. The third-order valence-corrected chi connectivity index (χ3v) is 8.81. The van der Waals surface area contributed by atoms with Crippen molar-refractivity contribution in [3.8, 4) is 0 Å². The van der Waals surface area contributed by atoms with Crippen LogP contribution in [-0.2, 0) is 19.1 Å². The number of aliphatic hydroxyl groups is 2. The molecule has 1 saturated heterocycles. The maximum atomic E-state index is 12.9. The summed E-state index contributed by atoms with van der Waals surface area (Å²) in [6.07, 6.45) is 3.36. The molecule has 1 fully saturated rings. The van der Waals surface area contributed by atoms with E-state index in [-0.39, 0.29) is 49.9 Å². The Bertz CT molecular complexity index is 1170. The van der Waals surface area contributed by atoms with Crippen molar-refractivity contribution in [3.05, 3.63) is 53.1 Å². The summed E-state index contributed by atoms with van der Waals surface area (Å²) in [5, 5.41) is 21.9. The number of aliphatic hydroxyl groups excluding tert-OH is 2. The van der Waals surface area contributed by atoms with Gasteiger partial charge in [-0.05, 0) is 6.92 Å². The molecule has 4 rings (SSSR count). The predicted molar refractivity (Wildman–Crippen MR) is 138 cm³/mol. The van der Waals surface area contributed by atoms with Crippen LogP contribution in [-0.4, -0.2) is 87.5 Å².